The minimum atomic E-state index is -0.950. The summed E-state index contributed by atoms with van der Waals surface area (Å²) in [5.74, 6) is 0.0161. The van der Waals surface area contributed by atoms with Crippen LogP contribution in [0.3, 0.4) is 0 Å². The van der Waals surface area contributed by atoms with Gasteiger partial charge in [0.15, 0.2) is 0 Å². The lowest BCUT2D eigenvalue weighted by atomic mass is 9.85. The molecule has 3 heteroatoms. The van der Waals surface area contributed by atoms with Gasteiger partial charge in [0.1, 0.15) is 0 Å². The summed E-state index contributed by atoms with van der Waals surface area (Å²) in [5, 5.41) is 13.1. The van der Waals surface area contributed by atoms with E-state index in [0.717, 1.165) is 12.8 Å². The van der Waals surface area contributed by atoms with Crippen molar-refractivity contribution in [2.24, 2.45) is 5.92 Å². The van der Waals surface area contributed by atoms with E-state index < -0.39 is 11.1 Å². The number of fused-ring (bicyclic) bond motifs is 1. The second-order valence-electron chi connectivity index (χ2n) is 6.55. The van der Waals surface area contributed by atoms with Crippen LogP contribution in [0.25, 0.3) is 0 Å². The zero-order chi connectivity index (χ0) is 14.3. The Bertz CT molecular complexity index is 461. The molecule has 19 heavy (non-hydrogen) atoms. The Hall–Kier alpha value is -1.35. The summed E-state index contributed by atoms with van der Waals surface area (Å²) in [6.07, 6.45) is 1.59. The van der Waals surface area contributed by atoms with Crippen molar-refractivity contribution in [3.05, 3.63) is 35.4 Å². The minimum absolute atomic E-state index is 0.0148. The summed E-state index contributed by atoms with van der Waals surface area (Å²) in [6, 6.07) is 8.20. The third-order valence-electron chi connectivity index (χ3n) is 4.39. The first-order valence-corrected chi connectivity index (χ1v) is 6.82. The lowest BCUT2D eigenvalue weighted by Gasteiger charge is -2.38. The highest BCUT2D eigenvalue weighted by molar-refractivity contribution is 5.81. The second-order valence-corrected chi connectivity index (χ2v) is 6.55. The first kappa shape index (κ1) is 14.1. The van der Waals surface area contributed by atoms with Crippen LogP contribution in [0.15, 0.2) is 24.3 Å². The Labute approximate surface area is 115 Å². The van der Waals surface area contributed by atoms with Gasteiger partial charge in [0.05, 0.1) is 11.1 Å². The van der Waals surface area contributed by atoms with Crippen molar-refractivity contribution in [3.63, 3.8) is 0 Å². The maximum atomic E-state index is 12.4. The van der Waals surface area contributed by atoms with Gasteiger partial charge >= 0.3 is 0 Å². The van der Waals surface area contributed by atoms with Gasteiger partial charge in [-0.1, -0.05) is 24.3 Å². The predicted octanol–water partition coefficient (Wildman–Crippen LogP) is 2.07. The van der Waals surface area contributed by atoms with Crippen LogP contribution >= 0.6 is 0 Å². The first-order valence-electron chi connectivity index (χ1n) is 6.82. The van der Waals surface area contributed by atoms with Gasteiger partial charge in [0.25, 0.3) is 0 Å². The SMILES string of the molecule is CC(C)(O)C(C)(C)NC(=O)C1Cc2ccccc2C1. The van der Waals surface area contributed by atoms with Crippen molar-refractivity contribution in [2.75, 3.05) is 0 Å². The Morgan fingerprint density at radius 1 is 1.16 bits per heavy atom. The van der Waals surface area contributed by atoms with Crippen molar-refractivity contribution in [3.8, 4) is 0 Å². The molecule has 104 valence electrons. The molecule has 0 spiro atoms. The maximum Gasteiger partial charge on any atom is 0.224 e. The lowest BCUT2D eigenvalue weighted by molar-refractivity contribution is -0.129. The number of benzene rings is 1. The molecule has 0 bridgehead atoms. The van der Waals surface area contributed by atoms with E-state index in [4.69, 9.17) is 0 Å². The van der Waals surface area contributed by atoms with Gasteiger partial charge in [-0.15, -0.1) is 0 Å². The van der Waals surface area contributed by atoms with Gasteiger partial charge in [-0.2, -0.15) is 0 Å². The lowest BCUT2D eigenvalue weighted by Crippen LogP contribution is -2.58. The van der Waals surface area contributed by atoms with Crippen LogP contribution in [-0.2, 0) is 17.6 Å². The molecule has 0 radical (unpaired) electrons. The van der Waals surface area contributed by atoms with Crippen LogP contribution < -0.4 is 5.32 Å². The number of rotatable bonds is 3. The Kier molecular flexibility index (Phi) is 3.43. The summed E-state index contributed by atoms with van der Waals surface area (Å²) < 4.78 is 0. The van der Waals surface area contributed by atoms with Crippen LogP contribution in [0.2, 0.25) is 0 Å². The quantitative estimate of drug-likeness (QED) is 0.875. The highest BCUT2D eigenvalue weighted by Crippen LogP contribution is 2.28. The summed E-state index contributed by atoms with van der Waals surface area (Å²) in [7, 11) is 0. The fourth-order valence-electron chi connectivity index (χ4n) is 2.31. The molecule has 0 aliphatic heterocycles. The van der Waals surface area contributed by atoms with Crippen molar-refractivity contribution in [1.82, 2.24) is 5.32 Å². The predicted molar refractivity (Wildman–Crippen MR) is 75.9 cm³/mol. The van der Waals surface area contributed by atoms with Gasteiger partial charge < -0.3 is 10.4 Å². The second kappa shape index (κ2) is 4.64. The third-order valence-corrected chi connectivity index (χ3v) is 4.39. The number of nitrogens with one attached hydrogen (secondary N) is 1. The van der Waals surface area contributed by atoms with E-state index in [9.17, 15) is 9.90 Å². The van der Waals surface area contributed by atoms with E-state index in [1.54, 1.807) is 13.8 Å². The summed E-state index contributed by atoms with van der Waals surface area (Å²) in [4.78, 5) is 12.4. The molecule has 0 saturated carbocycles. The molecule has 0 atom stereocenters. The molecule has 1 aromatic rings. The summed E-state index contributed by atoms with van der Waals surface area (Å²) in [5.41, 5.74) is 0.944. The van der Waals surface area contributed by atoms with Gasteiger partial charge in [-0.25, -0.2) is 0 Å². The molecule has 3 nitrogen and oxygen atoms in total. The molecule has 1 aliphatic rings. The van der Waals surface area contributed by atoms with Crippen molar-refractivity contribution in [1.29, 1.82) is 0 Å². The normalized spacial score (nSPS) is 16.3. The molecule has 0 fully saturated rings. The fraction of sp³-hybridized carbons (Fsp3) is 0.562. The van der Waals surface area contributed by atoms with Crippen LogP contribution in [0.1, 0.15) is 38.8 Å². The number of carbonyl (C=O) groups excluding carboxylic acids is 1. The van der Waals surface area contributed by atoms with Gasteiger partial charge in [0.2, 0.25) is 5.91 Å². The number of aliphatic hydroxyl groups is 1. The van der Waals surface area contributed by atoms with Crippen molar-refractivity contribution < 1.29 is 9.90 Å². The molecule has 0 heterocycles. The molecular formula is C16H23NO2. The van der Waals surface area contributed by atoms with Crippen LogP contribution in [0, 0.1) is 5.92 Å². The fourth-order valence-corrected chi connectivity index (χ4v) is 2.31. The Balaban J connectivity index is 2.05. The molecule has 1 amide bonds. The van der Waals surface area contributed by atoms with Crippen molar-refractivity contribution in [2.45, 2.75) is 51.7 Å². The maximum absolute atomic E-state index is 12.4. The highest BCUT2D eigenvalue weighted by Gasteiger charge is 2.38. The van der Waals surface area contributed by atoms with E-state index in [1.165, 1.54) is 11.1 Å². The van der Waals surface area contributed by atoms with Crippen LogP contribution in [-0.4, -0.2) is 22.2 Å². The van der Waals surface area contributed by atoms with E-state index in [0.29, 0.717) is 0 Å². The van der Waals surface area contributed by atoms with E-state index in [2.05, 4.69) is 17.4 Å². The summed E-state index contributed by atoms with van der Waals surface area (Å²) >= 11 is 0. The molecule has 2 rings (SSSR count). The Morgan fingerprint density at radius 3 is 2.05 bits per heavy atom. The minimum Gasteiger partial charge on any atom is -0.388 e. The molecule has 1 aliphatic carbocycles. The molecule has 0 saturated heterocycles. The number of hydrogen-bond acceptors (Lipinski definition) is 2. The standard InChI is InChI=1S/C16H23NO2/c1-15(2,16(3,4)19)17-14(18)13-9-11-7-5-6-8-12(11)10-13/h5-8,13,19H,9-10H2,1-4H3,(H,17,18). The molecule has 1 aromatic carbocycles. The topological polar surface area (TPSA) is 49.3 Å². The highest BCUT2D eigenvalue weighted by atomic mass is 16.3. The van der Waals surface area contributed by atoms with Crippen molar-refractivity contribution >= 4 is 5.91 Å². The molecule has 2 N–H and O–H groups in total. The van der Waals surface area contributed by atoms with Crippen LogP contribution in [0.5, 0.6) is 0 Å². The number of carbonyl (C=O) groups is 1. The van der Waals surface area contributed by atoms with Gasteiger partial charge in [-0.05, 0) is 51.7 Å². The van der Waals surface area contributed by atoms with Gasteiger partial charge in [0, 0.05) is 5.92 Å². The number of amides is 1. The average molecular weight is 261 g/mol. The first-order chi connectivity index (χ1) is 8.71. The largest absolute Gasteiger partial charge is 0.388 e. The van der Waals surface area contributed by atoms with Gasteiger partial charge in [-0.3, -0.25) is 4.79 Å². The van der Waals surface area contributed by atoms with E-state index in [-0.39, 0.29) is 11.8 Å². The molecule has 0 unspecified atom stereocenters. The molecule has 0 aromatic heterocycles. The smallest absolute Gasteiger partial charge is 0.224 e. The molecular weight excluding hydrogens is 238 g/mol. The van der Waals surface area contributed by atoms with E-state index in [1.807, 2.05) is 26.0 Å². The summed E-state index contributed by atoms with van der Waals surface area (Å²) in [6.45, 7) is 7.15. The monoisotopic (exact) mass is 261 g/mol. The Morgan fingerprint density at radius 2 is 1.63 bits per heavy atom. The average Bonchev–Trinajstić information content (AvgIpc) is 2.70. The van der Waals surface area contributed by atoms with E-state index >= 15 is 0 Å². The zero-order valence-electron chi connectivity index (χ0n) is 12.2. The number of hydrogen-bond donors (Lipinski definition) is 2. The van der Waals surface area contributed by atoms with Crippen LogP contribution in [0.4, 0.5) is 0 Å². The third kappa shape index (κ3) is 2.81. The zero-order valence-corrected chi connectivity index (χ0v) is 12.2.